The van der Waals surface area contributed by atoms with Crippen molar-refractivity contribution in [1.29, 1.82) is 0 Å². The van der Waals surface area contributed by atoms with E-state index < -0.39 is 20.0 Å². The second-order valence-corrected chi connectivity index (χ2v) is 13.0. The second-order valence-electron chi connectivity index (χ2n) is 8.20. The van der Waals surface area contributed by atoms with Gasteiger partial charge >= 0.3 is 11.7 Å². The Balaban J connectivity index is 2.62. The lowest BCUT2D eigenvalue weighted by Crippen LogP contribution is -2.41. The van der Waals surface area contributed by atoms with Crippen molar-refractivity contribution < 1.29 is 23.1 Å². The number of allylic oxidation sites excluding steroid dienone is 1. The summed E-state index contributed by atoms with van der Waals surface area (Å²) in [5, 5.41) is 2.55. The van der Waals surface area contributed by atoms with Gasteiger partial charge in [0.15, 0.2) is 15.1 Å². The summed E-state index contributed by atoms with van der Waals surface area (Å²) in [5.41, 5.74) is -0.449. The highest BCUT2D eigenvalue weighted by atomic mass is 28.4. The van der Waals surface area contributed by atoms with Gasteiger partial charge in [0, 0.05) is 18.2 Å². The SMILES string of the molecule is COC(=O)N/C=C/CC[C@@H](C)c1cc(OCO[Si](C)(C)C(C)(C)C)cc(=O)o1. The van der Waals surface area contributed by atoms with E-state index in [1.807, 2.05) is 13.0 Å². The van der Waals surface area contributed by atoms with E-state index in [9.17, 15) is 9.59 Å². The average Bonchev–Trinajstić information content (AvgIpc) is 2.59. The number of methoxy groups -OCH3 is 1. The molecule has 158 valence electrons. The highest BCUT2D eigenvalue weighted by Crippen LogP contribution is 2.36. The number of ether oxygens (including phenoxy) is 2. The molecule has 0 aliphatic rings. The van der Waals surface area contributed by atoms with Crippen LogP contribution in [-0.4, -0.2) is 28.3 Å². The quantitative estimate of drug-likeness (QED) is 0.466. The maximum Gasteiger partial charge on any atom is 0.410 e. The Hall–Kier alpha value is -2.06. The largest absolute Gasteiger partial charge is 0.468 e. The van der Waals surface area contributed by atoms with Gasteiger partial charge in [0.25, 0.3) is 0 Å². The molecule has 0 fully saturated rings. The summed E-state index contributed by atoms with van der Waals surface area (Å²) >= 11 is 0. The summed E-state index contributed by atoms with van der Waals surface area (Å²) in [5.74, 6) is 1.02. The first kappa shape index (κ1) is 24.0. The molecule has 0 unspecified atom stereocenters. The lowest BCUT2D eigenvalue weighted by atomic mass is 10.0. The van der Waals surface area contributed by atoms with Gasteiger partial charge < -0.3 is 18.3 Å². The molecule has 0 saturated carbocycles. The first-order valence-electron chi connectivity index (χ1n) is 9.37. The van der Waals surface area contributed by atoms with Gasteiger partial charge in [-0.25, -0.2) is 9.59 Å². The van der Waals surface area contributed by atoms with Crippen LogP contribution in [0.4, 0.5) is 4.79 Å². The van der Waals surface area contributed by atoms with E-state index in [0.717, 1.165) is 6.42 Å². The molecule has 28 heavy (non-hydrogen) atoms. The standard InChI is InChI=1S/C20H33NO6Si/c1-15(10-8-9-11-21-19(23)24-5)17-12-16(13-18(22)27-17)25-14-26-28(6,7)20(2,3)4/h9,11-13,15H,8,10,14H2,1-7H3,(H,21,23)/b11-9+/t15-/m1/s1. The summed E-state index contributed by atoms with van der Waals surface area (Å²) in [6, 6.07) is 3.06. The minimum Gasteiger partial charge on any atom is -0.468 e. The zero-order valence-electron chi connectivity index (χ0n) is 18.0. The number of carbonyl (C=O) groups is 1. The predicted octanol–water partition coefficient (Wildman–Crippen LogP) is 4.75. The van der Waals surface area contributed by atoms with Crippen molar-refractivity contribution in [3.05, 3.63) is 40.6 Å². The van der Waals surface area contributed by atoms with Gasteiger partial charge in [0.2, 0.25) is 0 Å². The smallest absolute Gasteiger partial charge is 0.410 e. The number of hydrogen-bond acceptors (Lipinski definition) is 6. The zero-order valence-corrected chi connectivity index (χ0v) is 19.0. The first-order chi connectivity index (χ1) is 13.0. The Bertz CT molecular complexity index is 720. The van der Waals surface area contributed by atoms with E-state index in [4.69, 9.17) is 13.6 Å². The van der Waals surface area contributed by atoms with Crippen LogP contribution in [0.2, 0.25) is 18.1 Å². The van der Waals surface area contributed by atoms with Crippen LogP contribution in [0.15, 0.2) is 33.6 Å². The molecule has 1 atom stereocenters. The van der Waals surface area contributed by atoms with Crippen LogP contribution in [-0.2, 0) is 9.16 Å². The maximum absolute atomic E-state index is 11.9. The van der Waals surface area contributed by atoms with Crippen molar-refractivity contribution in [2.45, 2.75) is 64.6 Å². The van der Waals surface area contributed by atoms with Crippen molar-refractivity contribution in [1.82, 2.24) is 5.32 Å². The fourth-order valence-corrected chi connectivity index (χ4v) is 2.80. The Kier molecular flexibility index (Phi) is 8.97. The van der Waals surface area contributed by atoms with Crippen LogP contribution >= 0.6 is 0 Å². The molecule has 0 aliphatic carbocycles. The molecule has 0 saturated heterocycles. The minimum atomic E-state index is -1.92. The molecule has 7 nitrogen and oxygen atoms in total. The van der Waals surface area contributed by atoms with Crippen molar-refractivity contribution in [3.8, 4) is 5.75 Å². The number of alkyl carbamates (subject to hydrolysis) is 1. The van der Waals surface area contributed by atoms with E-state index in [2.05, 4.69) is 43.9 Å². The molecule has 1 rings (SSSR count). The van der Waals surface area contributed by atoms with Crippen LogP contribution in [0.1, 0.15) is 52.2 Å². The highest BCUT2D eigenvalue weighted by Gasteiger charge is 2.37. The number of carbonyl (C=O) groups excluding carboxylic acids is 1. The molecule has 0 bridgehead atoms. The van der Waals surface area contributed by atoms with E-state index in [1.165, 1.54) is 19.4 Å². The van der Waals surface area contributed by atoms with E-state index in [-0.39, 0.29) is 17.7 Å². The molecule has 1 heterocycles. The second kappa shape index (κ2) is 10.5. The van der Waals surface area contributed by atoms with Crippen LogP contribution in [0.5, 0.6) is 5.75 Å². The van der Waals surface area contributed by atoms with Crippen LogP contribution in [0.25, 0.3) is 0 Å². The molecule has 0 aromatic carbocycles. The molecular formula is C20H33NO6Si. The number of rotatable bonds is 9. The molecule has 8 heteroatoms. The number of amides is 1. The van der Waals surface area contributed by atoms with Gasteiger partial charge in [-0.2, -0.15) is 0 Å². The third-order valence-electron chi connectivity index (χ3n) is 4.97. The Morgan fingerprint density at radius 3 is 2.61 bits per heavy atom. The molecular weight excluding hydrogens is 378 g/mol. The Morgan fingerprint density at radius 1 is 1.32 bits per heavy atom. The van der Waals surface area contributed by atoms with Crippen LogP contribution in [0, 0.1) is 0 Å². The third kappa shape index (κ3) is 7.90. The van der Waals surface area contributed by atoms with Crippen molar-refractivity contribution >= 4 is 14.4 Å². The monoisotopic (exact) mass is 411 g/mol. The summed E-state index contributed by atoms with van der Waals surface area (Å²) in [6.45, 7) is 12.8. The van der Waals surface area contributed by atoms with Crippen LogP contribution in [0.3, 0.4) is 0 Å². The normalized spacial score (nSPS) is 13.4. The molecule has 1 amide bonds. The number of hydrogen-bond donors (Lipinski definition) is 1. The predicted molar refractivity (Wildman–Crippen MR) is 111 cm³/mol. The average molecular weight is 412 g/mol. The summed E-state index contributed by atoms with van der Waals surface area (Å²) in [7, 11) is -0.612. The summed E-state index contributed by atoms with van der Waals surface area (Å²) in [4.78, 5) is 22.8. The minimum absolute atomic E-state index is 0.0142. The topological polar surface area (TPSA) is 87.0 Å². The molecule has 1 aromatic rings. The van der Waals surface area contributed by atoms with Gasteiger partial charge in [-0.1, -0.05) is 33.8 Å². The van der Waals surface area contributed by atoms with Crippen molar-refractivity contribution in [2.75, 3.05) is 13.9 Å². The maximum atomic E-state index is 11.9. The Labute approximate surface area is 168 Å². The first-order valence-corrected chi connectivity index (χ1v) is 12.3. The lowest BCUT2D eigenvalue weighted by molar-refractivity contribution is 0.105. The molecule has 0 radical (unpaired) electrons. The Morgan fingerprint density at radius 2 is 2.00 bits per heavy atom. The van der Waals surface area contributed by atoms with Gasteiger partial charge in [-0.05, 0) is 31.0 Å². The van der Waals surface area contributed by atoms with E-state index >= 15 is 0 Å². The lowest BCUT2D eigenvalue weighted by Gasteiger charge is -2.35. The summed E-state index contributed by atoms with van der Waals surface area (Å²) in [6.07, 6.45) is 4.28. The zero-order chi connectivity index (χ0) is 21.4. The molecule has 1 aromatic heterocycles. The number of nitrogens with one attached hydrogen (secondary N) is 1. The van der Waals surface area contributed by atoms with Gasteiger partial charge in [0.1, 0.15) is 11.5 Å². The molecule has 1 N–H and O–H groups in total. The fourth-order valence-electron chi connectivity index (χ4n) is 2.02. The fraction of sp³-hybridized carbons (Fsp3) is 0.600. The highest BCUT2D eigenvalue weighted by molar-refractivity contribution is 6.74. The molecule has 0 aliphatic heterocycles. The van der Waals surface area contributed by atoms with Gasteiger partial charge in [0.05, 0.1) is 13.2 Å². The van der Waals surface area contributed by atoms with Crippen molar-refractivity contribution in [3.63, 3.8) is 0 Å². The third-order valence-corrected chi connectivity index (χ3v) is 9.42. The van der Waals surface area contributed by atoms with E-state index in [0.29, 0.717) is 17.9 Å². The van der Waals surface area contributed by atoms with Gasteiger partial charge in [-0.3, -0.25) is 5.32 Å². The van der Waals surface area contributed by atoms with E-state index in [1.54, 1.807) is 6.07 Å². The van der Waals surface area contributed by atoms with Crippen molar-refractivity contribution in [2.24, 2.45) is 0 Å². The molecule has 0 spiro atoms. The summed E-state index contributed by atoms with van der Waals surface area (Å²) < 4.78 is 21.4. The van der Waals surface area contributed by atoms with Gasteiger partial charge in [-0.15, -0.1) is 0 Å². The van der Waals surface area contributed by atoms with Crippen LogP contribution < -0.4 is 15.7 Å².